The Hall–Kier alpha value is -1.30. The summed E-state index contributed by atoms with van der Waals surface area (Å²) in [6, 6.07) is -1.08. The molecule has 1 aliphatic rings. The van der Waals surface area contributed by atoms with E-state index < -0.39 is 12.0 Å². The van der Waals surface area contributed by atoms with Crippen molar-refractivity contribution in [3.63, 3.8) is 0 Å². The van der Waals surface area contributed by atoms with Gasteiger partial charge in [0.1, 0.15) is 6.04 Å². The molecule has 0 bridgehead atoms. The van der Waals surface area contributed by atoms with Crippen molar-refractivity contribution >= 4 is 12.0 Å². The van der Waals surface area contributed by atoms with Crippen LogP contribution in [0.5, 0.6) is 0 Å². The van der Waals surface area contributed by atoms with Crippen LogP contribution in [0, 0.1) is 5.92 Å². The SMILES string of the molecule is CCN1CCCC(NC(=O)N[C@@H](CC(C)C)C(=O)O)C1. The first kappa shape index (κ1) is 16.8. The minimum Gasteiger partial charge on any atom is -0.480 e. The van der Waals surface area contributed by atoms with Crippen LogP contribution in [0.2, 0.25) is 0 Å². The van der Waals surface area contributed by atoms with Crippen molar-refractivity contribution in [2.75, 3.05) is 19.6 Å². The molecular formula is C14H27N3O3. The summed E-state index contributed by atoms with van der Waals surface area (Å²) in [5.41, 5.74) is 0. The molecule has 2 atom stereocenters. The van der Waals surface area contributed by atoms with E-state index in [9.17, 15) is 9.59 Å². The van der Waals surface area contributed by atoms with Gasteiger partial charge < -0.3 is 20.6 Å². The van der Waals surface area contributed by atoms with Gasteiger partial charge in [0.05, 0.1) is 0 Å². The van der Waals surface area contributed by atoms with Gasteiger partial charge in [0.25, 0.3) is 0 Å². The zero-order valence-corrected chi connectivity index (χ0v) is 12.7. The molecule has 6 nitrogen and oxygen atoms in total. The van der Waals surface area contributed by atoms with Crippen LogP contribution in [0.25, 0.3) is 0 Å². The molecule has 20 heavy (non-hydrogen) atoms. The van der Waals surface area contributed by atoms with Crippen molar-refractivity contribution in [3.05, 3.63) is 0 Å². The van der Waals surface area contributed by atoms with Gasteiger partial charge in [0.15, 0.2) is 0 Å². The van der Waals surface area contributed by atoms with Crippen molar-refractivity contribution in [1.82, 2.24) is 15.5 Å². The summed E-state index contributed by atoms with van der Waals surface area (Å²) in [6.45, 7) is 8.87. The fourth-order valence-corrected chi connectivity index (χ4v) is 2.54. The topological polar surface area (TPSA) is 81.7 Å². The first-order valence-electron chi connectivity index (χ1n) is 7.44. The number of nitrogens with one attached hydrogen (secondary N) is 2. The zero-order chi connectivity index (χ0) is 15.1. The summed E-state index contributed by atoms with van der Waals surface area (Å²) in [4.78, 5) is 25.3. The summed E-state index contributed by atoms with van der Waals surface area (Å²) in [7, 11) is 0. The Labute approximate surface area is 120 Å². The highest BCUT2D eigenvalue weighted by Gasteiger charge is 2.24. The fraction of sp³-hybridized carbons (Fsp3) is 0.857. The molecule has 0 aromatic rings. The van der Waals surface area contributed by atoms with Crippen molar-refractivity contribution in [2.24, 2.45) is 5.92 Å². The third-order valence-electron chi connectivity index (χ3n) is 3.60. The molecule has 1 unspecified atom stereocenters. The minimum absolute atomic E-state index is 0.109. The van der Waals surface area contributed by atoms with Crippen LogP contribution in [0.3, 0.4) is 0 Å². The maximum absolute atomic E-state index is 11.9. The molecule has 1 aliphatic heterocycles. The van der Waals surface area contributed by atoms with E-state index >= 15 is 0 Å². The number of aliphatic carboxylic acids is 1. The summed E-state index contributed by atoms with van der Waals surface area (Å²) in [5.74, 6) is -0.755. The fourth-order valence-electron chi connectivity index (χ4n) is 2.54. The third kappa shape index (κ3) is 5.77. The summed E-state index contributed by atoms with van der Waals surface area (Å²) in [6.07, 6.45) is 2.45. The van der Waals surface area contributed by atoms with Crippen molar-refractivity contribution in [3.8, 4) is 0 Å². The van der Waals surface area contributed by atoms with Crippen molar-refractivity contribution in [1.29, 1.82) is 0 Å². The molecule has 1 fully saturated rings. The first-order valence-corrected chi connectivity index (χ1v) is 7.44. The second-order valence-electron chi connectivity index (χ2n) is 5.87. The number of amides is 2. The molecule has 116 valence electrons. The normalized spacial score (nSPS) is 21.5. The van der Waals surface area contributed by atoms with Crippen LogP contribution >= 0.6 is 0 Å². The van der Waals surface area contributed by atoms with Gasteiger partial charge in [0, 0.05) is 12.6 Å². The number of likely N-dealkylation sites (N-methyl/N-ethyl adjacent to an activating group) is 1. The molecule has 0 saturated carbocycles. The molecule has 0 radical (unpaired) electrons. The van der Waals surface area contributed by atoms with Gasteiger partial charge >= 0.3 is 12.0 Å². The zero-order valence-electron chi connectivity index (χ0n) is 12.7. The number of urea groups is 1. The third-order valence-corrected chi connectivity index (χ3v) is 3.60. The molecule has 0 aromatic carbocycles. The van der Waals surface area contributed by atoms with Gasteiger partial charge in [-0.15, -0.1) is 0 Å². The molecule has 0 aliphatic carbocycles. The van der Waals surface area contributed by atoms with Crippen molar-refractivity contribution in [2.45, 2.75) is 52.1 Å². The number of carbonyl (C=O) groups excluding carboxylic acids is 1. The Morgan fingerprint density at radius 2 is 2.10 bits per heavy atom. The molecule has 0 aromatic heterocycles. The van der Waals surface area contributed by atoms with Crippen LogP contribution in [0.1, 0.15) is 40.0 Å². The number of likely N-dealkylation sites (tertiary alicyclic amines) is 1. The van der Waals surface area contributed by atoms with E-state index in [2.05, 4.69) is 22.5 Å². The standard InChI is InChI=1S/C14H27N3O3/c1-4-17-7-5-6-11(9-17)15-14(20)16-12(13(18)19)8-10(2)3/h10-12H,4-9H2,1-3H3,(H,18,19)(H2,15,16,20)/t11?,12-/m0/s1. The number of rotatable bonds is 6. The number of piperidine rings is 1. The van der Waals surface area contributed by atoms with Gasteiger partial charge in [-0.1, -0.05) is 20.8 Å². The second-order valence-corrected chi connectivity index (χ2v) is 5.87. The van der Waals surface area contributed by atoms with E-state index in [-0.39, 0.29) is 18.0 Å². The Bertz CT molecular complexity index is 334. The van der Waals surface area contributed by atoms with Crippen LogP contribution in [0.15, 0.2) is 0 Å². The van der Waals surface area contributed by atoms with Gasteiger partial charge in [0.2, 0.25) is 0 Å². The van der Waals surface area contributed by atoms with Crippen LogP contribution in [-0.4, -0.2) is 53.7 Å². The lowest BCUT2D eigenvalue weighted by Crippen LogP contribution is -2.53. The lowest BCUT2D eigenvalue weighted by molar-refractivity contribution is -0.139. The van der Waals surface area contributed by atoms with E-state index in [0.717, 1.165) is 32.5 Å². The molecule has 1 saturated heterocycles. The minimum atomic E-state index is -0.979. The number of hydrogen-bond acceptors (Lipinski definition) is 3. The smallest absolute Gasteiger partial charge is 0.326 e. The molecule has 2 amide bonds. The molecule has 0 spiro atoms. The largest absolute Gasteiger partial charge is 0.480 e. The van der Waals surface area contributed by atoms with Gasteiger partial charge in [-0.2, -0.15) is 0 Å². The number of carbonyl (C=O) groups is 2. The molecule has 1 rings (SSSR count). The van der Waals surface area contributed by atoms with E-state index in [1.807, 2.05) is 13.8 Å². The molecular weight excluding hydrogens is 258 g/mol. The van der Waals surface area contributed by atoms with Crippen LogP contribution < -0.4 is 10.6 Å². The average molecular weight is 285 g/mol. The van der Waals surface area contributed by atoms with Gasteiger partial charge in [-0.25, -0.2) is 9.59 Å². The predicted molar refractivity (Wildman–Crippen MR) is 77.7 cm³/mol. The maximum Gasteiger partial charge on any atom is 0.326 e. The Kier molecular flexibility index (Phi) is 6.78. The average Bonchev–Trinajstić information content (AvgIpc) is 2.37. The lowest BCUT2D eigenvalue weighted by atomic mass is 10.0. The highest BCUT2D eigenvalue weighted by molar-refractivity contribution is 5.82. The van der Waals surface area contributed by atoms with E-state index in [1.165, 1.54) is 0 Å². The number of hydrogen-bond donors (Lipinski definition) is 3. The lowest BCUT2D eigenvalue weighted by Gasteiger charge is -2.32. The number of carboxylic acids is 1. The van der Waals surface area contributed by atoms with Gasteiger partial charge in [-0.05, 0) is 38.3 Å². The number of carboxylic acid groups (broad SMARTS) is 1. The van der Waals surface area contributed by atoms with Crippen LogP contribution in [0.4, 0.5) is 4.79 Å². The summed E-state index contributed by atoms with van der Waals surface area (Å²) < 4.78 is 0. The summed E-state index contributed by atoms with van der Waals surface area (Å²) >= 11 is 0. The molecule has 1 heterocycles. The predicted octanol–water partition coefficient (Wildman–Crippen LogP) is 1.27. The number of nitrogens with zero attached hydrogens (tertiary/aromatic N) is 1. The quantitative estimate of drug-likeness (QED) is 0.686. The second kappa shape index (κ2) is 8.09. The van der Waals surface area contributed by atoms with E-state index in [1.54, 1.807) is 0 Å². The van der Waals surface area contributed by atoms with Gasteiger partial charge in [-0.3, -0.25) is 0 Å². The first-order chi connectivity index (χ1) is 9.42. The molecule has 6 heteroatoms. The highest BCUT2D eigenvalue weighted by Crippen LogP contribution is 2.10. The van der Waals surface area contributed by atoms with E-state index in [0.29, 0.717) is 6.42 Å². The van der Waals surface area contributed by atoms with E-state index in [4.69, 9.17) is 5.11 Å². The maximum atomic E-state index is 11.9. The summed E-state index contributed by atoms with van der Waals surface area (Å²) in [5, 5.41) is 14.6. The highest BCUT2D eigenvalue weighted by atomic mass is 16.4. The van der Waals surface area contributed by atoms with Crippen molar-refractivity contribution < 1.29 is 14.7 Å². The molecule has 3 N–H and O–H groups in total. The Balaban J connectivity index is 2.42. The Morgan fingerprint density at radius 3 is 2.65 bits per heavy atom. The van der Waals surface area contributed by atoms with Crippen LogP contribution in [-0.2, 0) is 4.79 Å². The monoisotopic (exact) mass is 285 g/mol. The Morgan fingerprint density at radius 1 is 1.40 bits per heavy atom.